The van der Waals surface area contributed by atoms with Gasteiger partial charge < -0.3 is 15.4 Å². The molecule has 0 radical (unpaired) electrons. The van der Waals surface area contributed by atoms with Crippen molar-refractivity contribution in [3.8, 4) is 0 Å². The predicted octanol–water partition coefficient (Wildman–Crippen LogP) is 1.95. The van der Waals surface area contributed by atoms with E-state index in [-0.39, 0.29) is 18.1 Å². The molecule has 0 saturated carbocycles. The summed E-state index contributed by atoms with van der Waals surface area (Å²) in [6.07, 6.45) is 3.50. The number of hydrogen-bond acceptors (Lipinski definition) is 5. The van der Waals surface area contributed by atoms with Gasteiger partial charge in [-0.3, -0.25) is 0 Å². The van der Waals surface area contributed by atoms with E-state index in [9.17, 15) is 4.79 Å². The van der Waals surface area contributed by atoms with Crippen LogP contribution >= 0.6 is 15.9 Å². The lowest BCUT2D eigenvalue weighted by Gasteiger charge is -2.37. The highest BCUT2D eigenvalue weighted by molar-refractivity contribution is 9.10. The Balaban J connectivity index is 2.36. The van der Waals surface area contributed by atoms with Crippen LogP contribution in [0.1, 0.15) is 30.1 Å². The summed E-state index contributed by atoms with van der Waals surface area (Å²) < 4.78 is 5.59. The lowest BCUT2D eigenvalue weighted by molar-refractivity contribution is 0.0600. The number of pyridine rings is 1. The van der Waals surface area contributed by atoms with Crippen molar-refractivity contribution in [1.29, 1.82) is 0 Å². The molecular weight excluding hydrogens is 310 g/mol. The topological polar surface area (TPSA) is 68.5 Å². The Morgan fingerprint density at radius 3 is 3.00 bits per heavy atom. The van der Waals surface area contributed by atoms with E-state index in [4.69, 9.17) is 10.5 Å². The third-order valence-electron chi connectivity index (χ3n) is 3.43. The van der Waals surface area contributed by atoms with Gasteiger partial charge in [0.25, 0.3) is 0 Å². The molecule has 19 heavy (non-hydrogen) atoms. The van der Waals surface area contributed by atoms with E-state index >= 15 is 0 Å². The number of methoxy groups -OCH3 is 1. The lowest BCUT2D eigenvalue weighted by atomic mass is 9.98. The number of anilines is 1. The van der Waals surface area contributed by atoms with E-state index in [0.29, 0.717) is 11.4 Å². The molecule has 104 valence electrons. The molecule has 6 heteroatoms. The van der Waals surface area contributed by atoms with Crippen LogP contribution in [0.2, 0.25) is 0 Å². The lowest BCUT2D eigenvalue weighted by Crippen LogP contribution is -2.46. The second-order valence-corrected chi connectivity index (χ2v) is 5.76. The Hall–Kier alpha value is -1.14. The maximum atomic E-state index is 11.9. The van der Waals surface area contributed by atoms with Gasteiger partial charge in [0, 0.05) is 29.3 Å². The minimum atomic E-state index is -0.370. The fourth-order valence-corrected chi connectivity index (χ4v) is 2.78. The predicted molar refractivity (Wildman–Crippen MR) is 77.3 cm³/mol. The summed E-state index contributed by atoms with van der Waals surface area (Å²) >= 11 is 3.33. The molecule has 1 saturated heterocycles. The van der Waals surface area contributed by atoms with E-state index in [1.54, 1.807) is 12.3 Å². The summed E-state index contributed by atoms with van der Waals surface area (Å²) in [6, 6.07) is 2.24. The van der Waals surface area contributed by atoms with E-state index in [1.807, 2.05) is 0 Å². The van der Waals surface area contributed by atoms with Gasteiger partial charge in [-0.1, -0.05) is 0 Å². The summed E-state index contributed by atoms with van der Waals surface area (Å²) in [4.78, 5) is 18.4. The maximum absolute atomic E-state index is 11.9. The molecule has 1 aliphatic rings. The second-order valence-electron chi connectivity index (χ2n) is 4.84. The largest absolute Gasteiger partial charge is 0.465 e. The van der Waals surface area contributed by atoms with Crippen molar-refractivity contribution in [2.24, 2.45) is 5.73 Å². The van der Waals surface area contributed by atoms with Crippen molar-refractivity contribution in [2.45, 2.75) is 31.8 Å². The van der Waals surface area contributed by atoms with Gasteiger partial charge in [0.15, 0.2) is 0 Å². The van der Waals surface area contributed by atoms with Crippen LogP contribution in [0.15, 0.2) is 16.7 Å². The number of hydrogen-bond donors (Lipinski definition) is 1. The molecule has 0 spiro atoms. The van der Waals surface area contributed by atoms with Gasteiger partial charge >= 0.3 is 5.97 Å². The number of rotatable bonds is 2. The first kappa shape index (κ1) is 14.3. The smallest absolute Gasteiger partial charge is 0.341 e. The Labute approximate surface area is 121 Å². The zero-order chi connectivity index (χ0) is 14.0. The minimum absolute atomic E-state index is 0.225. The average molecular weight is 328 g/mol. The molecule has 0 aromatic carbocycles. The van der Waals surface area contributed by atoms with Crippen molar-refractivity contribution < 1.29 is 9.53 Å². The van der Waals surface area contributed by atoms with E-state index in [1.165, 1.54) is 7.11 Å². The monoisotopic (exact) mass is 327 g/mol. The normalized spacial score (nSPS) is 23.3. The van der Waals surface area contributed by atoms with Crippen molar-refractivity contribution in [2.75, 3.05) is 18.6 Å². The fourth-order valence-electron chi connectivity index (χ4n) is 2.44. The van der Waals surface area contributed by atoms with E-state index in [2.05, 4.69) is 32.7 Å². The summed E-state index contributed by atoms with van der Waals surface area (Å²) in [5.74, 6) is 0.306. The molecule has 1 aromatic heterocycles. The van der Waals surface area contributed by atoms with E-state index < -0.39 is 0 Å². The van der Waals surface area contributed by atoms with Crippen LogP contribution in [0.3, 0.4) is 0 Å². The number of nitrogens with zero attached hydrogens (tertiary/aromatic N) is 2. The standard InChI is InChI=1S/C13H18BrN3O2/c1-8-5-10(15)3-4-17(8)12-11(13(18)19-2)6-9(14)7-16-12/h6-8,10H,3-5,15H2,1-2H3. The Kier molecular flexibility index (Phi) is 4.42. The molecule has 2 unspecified atom stereocenters. The van der Waals surface area contributed by atoms with Gasteiger partial charge in [-0.05, 0) is 41.8 Å². The van der Waals surface area contributed by atoms with Crippen LogP contribution in [0.5, 0.6) is 0 Å². The number of ether oxygens (including phenoxy) is 1. The Bertz CT molecular complexity index is 481. The van der Waals surface area contributed by atoms with Crippen LogP contribution in [0.25, 0.3) is 0 Å². The van der Waals surface area contributed by atoms with Gasteiger partial charge in [-0.2, -0.15) is 0 Å². The molecular formula is C13H18BrN3O2. The van der Waals surface area contributed by atoms with Crippen molar-refractivity contribution >= 4 is 27.7 Å². The van der Waals surface area contributed by atoms with Gasteiger partial charge in [-0.15, -0.1) is 0 Å². The molecule has 0 aliphatic carbocycles. The SMILES string of the molecule is COC(=O)c1cc(Br)cnc1N1CCC(N)CC1C. The fraction of sp³-hybridized carbons (Fsp3) is 0.538. The highest BCUT2D eigenvalue weighted by atomic mass is 79.9. The molecule has 2 atom stereocenters. The summed E-state index contributed by atoms with van der Waals surface area (Å²) in [5, 5.41) is 0. The van der Waals surface area contributed by atoms with Crippen LogP contribution in [0.4, 0.5) is 5.82 Å². The quantitative estimate of drug-likeness (QED) is 0.841. The van der Waals surface area contributed by atoms with Crippen LogP contribution in [0, 0.1) is 0 Å². The molecule has 5 nitrogen and oxygen atoms in total. The highest BCUT2D eigenvalue weighted by Crippen LogP contribution is 2.28. The summed E-state index contributed by atoms with van der Waals surface area (Å²) in [6.45, 7) is 2.91. The van der Waals surface area contributed by atoms with Gasteiger partial charge in [-0.25, -0.2) is 9.78 Å². The number of nitrogens with two attached hydrogens (primary N) is 1. The number of carbonyl (C=O) groups is 1. The molecule has 1 aliphatic heterocycles. The first-order valence-electron chi connectivity index (χ1n) is 6.29. The number of carbonyl (C=O) groups excluding carboxylic acids is 1. The number of esters is 1. The number of piperidine rings is 1. The van der Waals surface area contributed by atoms with Gasteiger partial charge in [0.2, 0.25) is 0 Å². The molecule has 1 fully saturated rings. The van der Waals surface area contributed by atoms with Crippen LogP contribution in [-0.2, 0) is 4.74 Å². The molecule has 0 amide bonds. The molecule has 2 heterocycles. The highest BCUT2D eigenvalue weighted by Gasteiger charge is 2.27. The number of aromatic nitrogens is 1. The third kappa shape index (κ3) is 3.06. The van der Waals surface area contributed by atoms with Crippen LogP contribution < -0.4 is 10.6 Å². The van der Waals surface area contributed by atoms with Crippen molar-refractivity contribution in [3.63, 3.8) is 0 Å². The molecule has 1 aromatic rings. The first-order chi connectivity index (χ1) is 9.02. The molecule has 2 N–H and O–H groups in total. The zero-order valence-electron chi connectivity index (χ0n) is 11.1. The zero-order valence-corrected chi connectivity index (χ0v) is 12.7. The second kappa shape index (κ2) is 5.88. The summed E-state index contributed by atoms with van der Waals surface area (Å²) in [5.41, 5.74) is 6.45. The van der Waals surface area contributed by atoms with Crippen molar-refractivity contribution in [3.05, 3.63) is 22.3 Å². The Morgan fingerprint density at radius 2 is 2.37 bits per heavy atom. The van der Waals surface area contributed by atoms with E-state index in [0.717, 1.165) is 23.9 Å². The van der Waals surface area contributed by atoms with Crippen LogP contribution in [-0.4, -0.2) is 36.7 Å². The van der Waals surface area contributed by atoms with Gasteiger partial charge in [0.05, 0.1) is 7.11 Å². The molecule has 0 bridgehead atoms. The van der Waals surface area contributed by atoms with Crippen molar-refractivity contribution in [1.82, 2.24) is 4.98 Å². The van der Waals surface area contributed by atoms with Gasteiger partial charge in [0.1, 0.15) is 11.4 Å². The average Bonchev–Trinajstić information content (AvgIpc) is 2.38. The summed E-state index contributed by atoms with van der Waals surface area (Å²) in [7, 11) is 1.38. The Morgan fingerprint density at radius 1 is 1.63 bits per heavy atom. The first-order valence-corrected chi connectivity index (χ1v) is 7.08. The number of halogens is 1. The third-order valence-corrected chi connectivity index (χ3v) is 3.86. The maximum Gasteiger partial charge on any atom is 0.341 e. The minimum Gasteiger partial charge on any atom is -0.465 e. The molecule has 2 rings (SSSR count).